The van der Waals surface area contributed by atoms with E-state index in [1.807, 2.05) is 29.2 Å². The summed E-state index contributed by atoms with van der Waals surface area (Å²) in [7, 11) is 1.60. The normalized spacial score (nSPS) is 21.1. The van der Waals surface area contributed by atoms with Crippen molar-refractivity contribution in [2.45, 2.75) is 88.3 Å². The summed E-state index contributed by atoms with van der Waals surface area (Å²) in [5.74, 6) is 1.07. The first-order valence-electron chi connectivity index (χ1n) is 15.5. The zero-order chi connectivity index (χ0) is 29.7. The highest BCUT2D eigenvalue weighted by atomic mass is 35.5. The summed E-state index contributed by atoms with van der Waals surface area (Å²) in [6.07, 6.45) is 7.61. The fourth-order valence-corrected chi connectivity index (χ4v) is 6.76. The predicted octanol–water partition coefficient (Wildman–Crippen LogP) is 4.81. The van der Waals surface area contributed by atoms with Gasteiger partial charge >= 0.3 is 0 Å². The van der Waals surface area contributed by atoms with E-state index in [2.05, 4.69) is 22.5 Å². The van der Waals surface area contributed by atoms with Crippen LogP contribution >= 0.6 is 12.4 Å². The molecule has 1 spiro atoms. The topological polar surface area (TPSA) is 111 Å². The van der Waals surface area contributed by atoms with Gasteiger partial charge in [0.25, 0.3) is 5.91 Å². The standard InChI is InChI=1S/C33H44N4O5.ClH/c1-3-4-20-37-30(39)28(23-32(41)16-6-5-7-17-32)35-31(40)33(37)18-21-36(22-19-33)25-10-14-27(15-11-25)42-26-12-8-24(9-13-26)29(38)34-2;/h8-15,28,41H,3-7,16-23H2,1-2H3,(H,34,38)(H,35,40);1H/t28-;/m1./s1. The number of amides is 3. The van der Waals surface area contributed by atoms with Crippen molar-refractivity contribution in [1.82, 2.24) is 15.5 Å². The summed E-state index contributed by atoms with van der Waals surface area (Å²) < 4.78 is 5.96. The molecule has 0 aromatic heterocycles. The second-order valence-electron chi connectivity index (χ2n) is 12.1. The van der Waals surface area contributed by atoms with E-state index in [1.54, 1.807) is 31.3 Å². The van der Waals surface area contributed by atoms with Crippen LogP contribution in [0.15, 0.2) is 48.5 Å². The molecular formula is C33H45ClN4O5. The number of piperidine rings is 1. The number of nitrogens with zero attached hydrogens (tertiary/aromatic N) is 2. The van der Waals surface area contributed by atoms with Gasteiger partial charge in [0.1, 0.15) is 23.1 Å². The third-order valence-electron chi connectivity index (χ3n) is 9.28. The van der Waals surface area contributed by atoms with E-state index in [0.717, 1.165) is 37.8 Å². The molecule has 1 aliphatic carbocycles. The third-order valence-corrected chi connectivity index (χ3v) is 9.28. The third kappa shape index (κ3) is 7.10. The molecule has 0 unspecified atom stereocenters. The number of halogens is 1. The lowest BCUT2D eigenvalue weighted by molar-refractivity contribution is -0.161. The van der Waals surface area contributed by atoms with Crippen LogP contribution in [0, 0.1) is 0 Å². The summed E-state index contributed by atoms with van der Waals surface area (Å²) in [5, 5.41) is 16.8. The lowest BCUT2D eigenvalue weighted by atomic mass is 9.77. The Balaban J connectivity index is 0.00000423. The summed E-state index contributed by atoms with van der Waals surface area (Å²) in [6.45, 7) is 3.96. The number of piperazine rings is 1. The molecule has 10 heteroatoms. The van der Waals surface area contributed by atoms with Crippen molar-refractivity contribution in [3.05, 3.63) is 54.1 Å². The maximum atomic E-state index is 13.8. The highest BCUT2D eigenvalue weighted by Crippen LogP contribution is 2.38. The second kappa shape index (κ2) is 14.0. The van der Waals surface area contributed by atoms with Crippen molar-refractivity contribution < 1.29 is 24.2 Å². The van der Waals surface area contributed by atoms with Gasteiger partial charge in [-0.05, 0) is 80.6 Å². The number of aliphatic hydroxyl groups is 1. The molecule has 2 aromatic carbocycles. The van der Waals surface area contributed by atoms with Crippen LogP contribution in [0.2, 0.25) is 0 Å². The minimum atomic E-state index is -0.874. The Hall–Kier alpha value is -3.30. The lowest BCUT2D eigenvalue weighted by Gasteiger charge is -2.52. The van der Waals surface area contributed by atoms with Crippen molar-refractivity contribution in [2.75, 3.05) is 31.6 Å². The van der Waals surface area contributed by atoms with Gasteiger partial charge in [0.2, 0.25) is 11.8 Å². The van der Waals surface area contributed by atoms with Gasteiger partial charge in [-0.3, -0.25) is 14.4 Å². The van der Waals surface area contributed by atoms with Crippen LogP contribution in [0.25, 0.3) is 0 Å². The monoisotopic (exact) mass is 612 g/mol. The molecule has 3 fully saturated rings. The maximum absolute atomic E-state index is 13.8. The number of hydrogen-bond acceptors (Lipinski definition) is 6. The Kier molecular flexibility index (Phi) is 10.6. The number of ether oxygens (including phenoxy) is 1. The van der Waals surface area contributed by atoms with Crippen molar-refractivity contribution >= 4 is 35.8 Å². The Morgan fingerprint density at radius 3 is 2.16 bits per heavy atom. The second-order valence-corrected chi connectivity index (χ2v) is 12.1. The summed E-state index contributed by atoms with van der Waals surface area (Å²) in [4.78, 5) is 43.4. The number of unbranched alkanes of at least 4 members (excludes halogenated alkanes) is 1. The fraction of sp³-hybridized carbons (Fsp3) is 0.545. The summed E-state index contributed by atoms with van der Waals surface area (Å²) >= 11 is 0. The molecule has 2 saturated heterocycles. The van der Waals surface area contributed by atoms with Gasteiger partial charge in [0, 0.05) is 44.4 Å². The number of carbonyl (C=O) groups is 3. The van der Waals surface area contributed by atoms with Gasteiger partial charge < -0.3 is 30.3 Å². The molecule has 3 aliphatic rings. The van der Waals surface area contributed by atoms with Gasteiger partial charge in [0.15, 0.2) is 0 Å². The maximum Gasteiger partial charge on any atom is 0.251 e. The summed E-state index contributed by atoms with van der Waals surface area (Å²) in [5.41, 5.74) is -0.117. The van der Waals surface area contributed by atoms with Crippen LogP contribution < -0.4 is 20.3 Å². The fourth-order valence-electron chi connectivity index (χ4n) is 6.76. The van der Waals surface area contributed by atoms with Crippen LogP contribution in [0.1, 0.15) is 81.5 Å². The first kappa shape index (κ1) is 32.6. The first-order chi connectivity index (χ1) is 20.3. The summed E-state index contributed by atoms with van der Waals surface area (Å²) in [6, 6.07) is 14.2. The van der Waals surface area contributed by atoms with Gasteiger partial charge in [0.05, 0.1) is 5.60 Å². The molecule has 3 amide bonds. The molecule has 9 nitrogen and oxygen atoms in total. The van der Waals surface area contributed by atoms with Crippen LogP contribution in [0.5, 0.6) is 11.5 Å². The minimum absolute atomic E-state index is 0. The molecule has 0 radical (unpaired) electrons. The molecule has 234 valence electrons. The van der Waals surface area contributed by atoms with E-state index < -0.39 is 17.2 Å². The Bertz CT molecular complexity index is 1260. The van der Waals surface area contributed by atoms with Crippen molar-refractivity contribution in [3.8, 4) is 11.5 Å². The van der Waals surface area contributed by atoms with Crippen LogP contribution in [-0.4, -0.2) is 71.6 Å². The van der Waals surface area contributed by atoms with E-state index in [1.165, 1.54) is 0 Å². The van der Waals surface area contributed by atoms with Gasteiger partial charge in [-0.25, -0.2) is 0 Å². The molecule has 1 atom stereocenters. The smallest absolute Gasteiger partial charge is 0.251 e. The molecule has 5 rings (SSSR count). The highest BCUT2D eigenvalue weighted by Gasteiger charge is 2.54. The van der Waals surface area contributed by atoms with Gasteiger partial charge in [-0.2, -0.15) is 0 Å². The van der Waals surface area contributed by atoms with Crippen LogP contribution in [-0.2, 0) is 9.59 Å². The number of benzene rings is 2. The number of rotatable bonds is 9. The van der Waals surface area contributed by atoms with E-state index in [0.29, 0.717) is 68.8 Å². The largest absolute Gasteiger partial charge is 0.457 e. The van der Waals surface area contributed by atoms with Crippen molar-refractivity contribution in [1.29, 1.82) is 0 Å². The average Bonchev–Trinajstić information content (AvgIpc) is 3.01. The first-order valence-corrected chi connectivity index (χ1v) is 15.5. The molecular weight excluding hydrogens is 568 g/mol. The zero-order valence-electron chi connectivity index (χ0n) is 25.3. The zero-order valence-corrected chi connectivity index (χ0v) is 26.1. The lowest BCUT2D eigenvalue weighted by Crippen LogP contribution is -2.73. The van der Waals surface area contributed by atoms with E-state index in [-0.39, 0.29) is 30.1 Å². The van der Waals surface area contributed by atoms with Crippen molar-refractivity contribution in [2.24, 2.45) is 0 Å². The molecule has 43 heavy (non-hydrogen) atoms. The van der Waals surface area contributed by atoms with Crippen LogP contribution in [0.4, 0.5) is 5.69 Å². The van der Waals surface area contributed by atoms with Crippen molar-refractivity contribution in [3.63, 3.8) is 0 Å². The van der Waals surface area contributed by atoms with Crippen LogP contribution in [0.3, 0.4) is 0 Å². The molecule has 2 aromatic rings. The molecule has 0 bridgehead atoms. The molecule has 2 heterocycles. The number of nitrogens with one attached hydrogen (secondary N) is 2. The Morgan fingerprint density at radius 2 is 1.58 bits per heavy atom. The average molecular weight is 613 g/mol. The van der Waals surface area contributed by atoms with E-state index in [9.17, 15) is 19.5 Å². The highest BCUT2D eigenvalue weighted by molar-refractivity contribution is 6.00. The van der Waals surface area contributed by atoms with Gasteiger partial charge in [-0.1, -0.05) is 32.6 Å². The Morgan fingerprint density at radius 1 is 0.977 bits per heavy atom. The van der Waals surface area contributed by atoms with E-state index in [4.69, 9.17) is 4.74 Å². The predicted molar refractivity (Wildman–Crippen MR) is 169 cm³/mol. The van der Waals surface area contributed by atoms with E-state index >= 15 is 0 Å². The number of carbonyl (C=O) groups excluding carboxylic acids is 3. The number of anilines is 1. The minimum Gasteiger partial charge on any atom is -0.457 e. The molecule has 1 saturated carbocycles. The molecule has 3 N–H and O–H groups in total. The molecule has 2 aliphatic heterocycles. The SMILES string of the molecule is CCCCN1C(=O)[C@@H](CC2(O)CCCCC2)NC(=O)C12CCN(c1ccc(Oc3ccc(C(=O)NC)cc3)cc1)CC2.Cl. The quantitative estimate of drug-likeness (QED) is 0.375. The number of hydrogen-bond donors (Lipinski definition) is 3. The Labute approximate surface area is 260 Å². The van der Waals surface area contributed by atoms with Gasteiger partial charge in [-0.15, -0.1) is 12.4 Å².